The Labute approximate surface area is 159 Å². The second-order valence-corrected chi connectivity index (χ2v) is 6.57. The van der Waals surface area contributed by atoms with Crippen LogP contribution < -0.4 is 5.73 Å². The van der Waals surface area contributed by atoms with Gasteiger partial charge in [-0.05, 0) is 53.4 Å². The number of aryl methyl sites for hydroxylation is 1. The summed E-state index contributed by atoms with van der Waals surface area (Å²) in [5.74, 6) is -0.422. The van der Waals surface area contributed by atoms with Crippen molar-refractivity contribution in [1.82, 2.24) is 4.98 Å². The van der Waals surface area contributed by atoms with E-state index in [2.05, 4.69) is 4.98 Å². The predicted octanol–water partition coefficient (Wildman–Crippen LogP) is 5.44. The van der Waals surface area contributed by atoms with Crippen LogP contribution in [0.2, 0.25) is 5.02 Å². The van der Waals surface area contributed by atoms with Gasteiger partial charge >= 0.3 is 6.18 Å². The van der Waals surface area contributed by atoms with Gasteiger partial charge < -0.3 is 10.7 Å². The van der Waals surface area contributed by atoms with E-state index in [0.29, 0.717) is 22.7 Å². The SMILES string of the molecule is NC(=O)CCc1cc(-c2ccc(C(F)(F)F)cc2)[nH]c1-c1ccc(Cl)cc1. The molecule has 27 heavy (non-hydrogen) atoms. The highest BCUT2D eigenvalue weighted by molar-refractivity contribution is 6.30. The third-order valence-electron chi connectivity index (χ3n) is 4.20. The maximum absolute atomic E-state index is 12.8. The van der Waals surface area contributed by atoms with Gasteiger partial charge in [-0.1, -0.05) is 35.9 Å². The van der Waals surface area contributed by atoms with Crippen LogP contribution in [-0.2, 0) is 17.4 Å². The first-order valence-corrected chi connectivity index (χ1v) is 8.55. The summed E-state index contributed by atoms with van der Waals surface area (Å²) >= 11 is 5.93. The normalized spacial score (nSPS) is 11.6. The van der Waals surface area contributed by atoms with Crippen molar-refractivity contribution in [3.63, 3.8) is 0 Å². The average Bonchev–Trinajstić information content (AvgIpc) is 3.04. The molecule has 0 aliphatic heterocycles. The van der Waals surface area contributed by atoms with E-state index in [1.54, 1.807) is 12.1 Å². The van der Waals surface area contributed by atoms with Gasteiger partial charge in [-0.2, -0.15) is 13.2 Å². The first-order valence-electron chi connectivity index (χ1n) is 8.18. The van der Waals surface area contributed by atoms with E-state index in [1.807, 2.05) is 18.2 Å². The van der Waals surface area contributed by atoms with E-state index < -0.39 is 17.6 Å². The Balaban J connectivity index is 2.00. The Morgan fingerprint density at radius 1 is 1.00 bits per heavy atom. The number of benzene rings is 2. The van der Waals surface area contributed by atoms with Crippen molar-refractivity contribution in [2.24, 2.45) is 5.73 Å². The maximum Gasteiger partial charge on any atom is 0.416 e. The van der Waals surface area contributed by atoms with Crippen LogP contribution in [0, 0.1) is 0 Å². The number of hydrogen-bond acceptors (Lipinski definition) is 1. The Morgan fingerprint density at radius 3 is 2.15 bits per heavy atom. The number of carbonyl (C=O) groups excluding carboxylic acids is 1. The molecule has 3 N–H and O–H groups in total. The molecule has 3 rings (SSSR count). The number of primary amides is 1. The van der Waals surface area contributed by atoms with Crippen molar-refractivity contribution in [2.45, 2.75) is 19.0 Å². The van der Waals surface area contributed by atoms with Crippen molar-refractivity contribution in [3.8, 4) is 22.5 Å². The topological polar surface area (TPSA) is 58.9 Å². The Bertz CT molecular complexity index is 945. The highest BCUT2D eigenvalue weighted by atomic mass is 35.5. The Morgan fingerprint density at radius 2 is 1.59 bits per heavy atom. The van der Waals surface area contributed by atoms with Crippen molar-refractivity contribution < 1.29 is 18.0 Å². The van der Waals surface area contributed by atoms with Crippen molar-refractivity contribution in [1.29, 1.82) is 0 Å². The minimum Gasteiger partial charge on any atom is -0.370 e. The second-order valence-electron chi connectivity index (χ2n) is 6.13. The molecule has 3 aromatic rings. The smallest absolute Gasteiger partial charge is 0.370 e. The molecule has 0 saturated heterocycles. The van der Waals surface area contributed by atoms with Crippen molar-refractivity contribution >= 4 is 17.5 Å². The molecular weight excluding hydrogens is 377 g/mol. The lowest BCUT2D eigenvalue weighted by Crippen LogP contribution is -2.11. The standard InChI is InChI=1S/C20H16ClF3N2O/c21-16-8-3-13(4-9-16)19-14(5-10-18(25)27)11-17(26-19)12-1-6-15(7-2-12)20(22,23)24/h1-4,6-9,11,26H,5,10H2,(H2,25,27). The summed E-state index contributed by atoms with van der Waals surface area (Å²) in [6, 6.07) is 13.9. The maximum atomic E-state index is 12.8. The van der Waals surface area contributed by atoms with Crippen LogP contribution in [0.1, 0.15) is 17.5 Å². The van der Waals surface area contributed by atoms with E-state index >= 15 is 0 Å². The van der Waals surface area contributed by atoms with Gasteiger partial charge in [0.05, 0.1) is 5.56 Å². The van der Waals surface area contributed by atoms with Crippen LogP contribution in [0.4, 0.5) is 13.2 Å². The highest BCUT2D eigenvalue weighted by Gasteiger charge is 2.30. The molecule has 3 nitrogen and oxygen atoms in total. The fourth-order valence-corrected chi connectivity index (χ4v) is 2.95. The van der Waals surface area contributed by atoms with Crippen molar-refractivity contribution in [2.75, 3.05) is 0 Å². The highest BCUT2D eigenvalue weighted by Crippen LogP contribution is 2.33. The molecule has 2 aromatic carbocycles. The summed E-state index contributed by atoms with van der Waals surface area (Å²) in [7, 11) is 0. The number of amides is 1. The second kappa shape index (κ2) is 7.48. The van der Waals surface area contributed by atoms with Crippen LogP contribution >= 0.6 is 11.6 Å². The molecule has 0 saturated carbocycles. The molecule has 0 unspecified atom stereocenters. The Hall–Kier alpha value is -2.73. The lowest BCUT2D eigenvalue weighted by molar-refractivity contribution is -0.137. The third kappa shape index (κ3) is 4.52. The first kappa shape index (κ1) is 19.0. The zero-order valence-electron chi connectivity index (χ0n) is 14.1. The fourth-order valence-electron chi connectivity index (χ4n) is 2.82. The summed E-state index contributed by atoms with van der Waals surface area (Å²) in [5.41, 5.74) is 8.31. The number of aromatic nitrogens is 1. The zero-order chi connectivity index (χ0) is 19.6. The number of rotatable bonds is 5. The number of carbonyl (C=O) groups is 1. The van der Waals surface area contributed by atoms with Gasteiger partial charge in [-0.25, -0.2) is 0 Å². The lowest BCUT2D eigenvalue weighted by atomic mass is 10.0. The fraction of sp³-hybridized carbons (Fsp3) is 0.150. The zero-order valence-corrected chi connectivity index (χ0v) is 14.9. The lowest BCUT2D eigenvalue weighted by Gasteiger charge is -2.07. The monoisotopic (exact) mass is 392 g/mol. The van der Waals surface area contributed by atoms with Crippen LogP contribution in [0.3, 0.4) is 0 Å². The molecule has 0 bridgehead atoms. The predicted molar refractivity (Wildman–Crippen MR) is 99.2 cm³/mol. The molecular formula is C20H16ClF3N2O. The van der Waals surface area contributed by atoms with Crippen LogP contribution in [-0.4, -0.2) is 10.9 Å². The van der Waals surface area contributed by atoms with Gasteiger partial charge in [0.25, 0.3) is 0 Å². The molecule has 7 heteroatoms. The number of hydrogen-bond donors (Lipinski definition) is 2. The summed E-state index contributed by atoms with van der Waals surface area (Å²) < 4.78 is 38.3. The number of nitrogens with one attached hydrogen (secondary N) is 1. The van der Waals surface area contributed by atoms with Crippen LogP contribution in [0.15, 0.2) is 54.6 Å². The number of nitrogens with two attached hydrogens (primary N) is 1. The third-order valence-corrected chi connectivity index (χ3v) is 4.45. The number of aromatic amines is 1. The quantitative estimate of drug-likeness (QED) is 0.596. The van der Waals surface area contributed by atoms with Gasteiger partial charge in [0.15, 0.2) is 0 Å². The average molecular weight is 393 g/mol. The van der Waals surface area contributed by atoms with E-state index in [4.69, 9.17) is 17.3 Å². The van der Waals surface area contributed by atoms with Gasteiger partial charge in [0, 0.05) is 22.8 Å². The van der Waals surface area contributed by atoms with E-state index in [-0.39, 0.29) is 6.42 Å². The van der Waals surface area contributed by atoms with E-state index in [0.717, 1.165) is 29.0 Å². The van der Waals surface area contributed by atoms with E-state index in [9.17, 15) is 18.0 Å². The Kier molecular flexibility index (Phi) is 5.28. The molecule has 140 valence electrons. The van der Waals surface area contributed by atoms with Gasteiger partial charge in [0.2, 0.25) is 5.91 Å². The van der Waals surface area contributed by atoms with Crippen LogP contribution in [0.5, 0.6) is 0 Å². The summed E-state index contributed by atoms with van der Waals surface area (Å²) in [6.07, 6.45) is -3.79. The molecule has 1 heterocycles. The summed E-state index contributed by atoms with van der Waals surface area (Å²) in [4.78, 5) is 14.4. The van der Waals surface area contributed by atoms with Crippen molar-refractivity contribution in [3.05, 3.63) is 70.7 Å². The number of H-pyrrole nitrogens is 1. The summed E-state index contributed by atoms with van der Waals surface area (Å²) in [5, 5.41) is 0.590. The number of halogens is 4. The van der Waals surface area contributed by atoms with Gasteiger partial charge in [-0.15, -0.1) is 0 Å². The largest absolute Gasteiger partial charge is 0.416 e. The minimum atomic E-state index is -4.38. The minimum absolute atomic E-state index is 0.172. The molecule has 1 aromatic heterocycles. The van der Waals surface area contributed by atoms with E-state index in [1.165, 1.54) is 12.1 Å². The molecule has 0 radical (unpaired) electrons. The number of alkyl halides is 3. The molecule has 0 aliphatic carbocycles. The molecule has 0 spiro atoms. The van der Waals surface area contributed by atoms with Gasteiger partial charge in [-0.3, -0.25) is 4.79 Å². The molecule has 0 fully saturated rings. The summed E-state index contributed by atoms with van der Waals surface area (Å²) in [6.45, 7) is 0. The molecule has 0 atom stereocenters. The van der Waals surface area contributed by atoms with Gasteiger partial charge in [0.1, 0.15) is 0 Å². The molecule has 0 aliphatic rings. The first-order chi connectivity index (χ1) is 12.7. The van der Waals surface area contributed by atoms with Crippen LogP contribution in [0.25, 0.3) is 22.5 Å². The molecule has 1 amide bonds.